The molecular formula is C30H34F3N5O3S. The Hall–Kier alpha value is -3.79. The van der Waals surface area contributed by atoms with Crippen molar-refractivity contribution in [3.8, 4) is 17.7 Å². The van der Waals surface area contributed by atoms with Crippen LogP contribution in [0.5, 0.6) is 5.88 Å². The number of aliphatic hydroxyl groups excluding tert-OH is 1. The van der Waals surface area contributed by atoms with E-state index in [9.17, 15) is 18.0 Å². The minimum absolute atomic E-state index is 0.170. The number of amides is 1. The molecule has 12 heteroatoms. The van der Waals surface area contributed by atoms with Gasteiger partial charge in [-0.2, -0.15) is 18.2 Å². The van der Waals surface area contributed by atoms with Crippen LogP contribution in [0.1, 0.15) is 40.9 Å². The van der Waals surface area contributed by atoms with Crippen molar-refractivity contribution in [2.45, 2.75) is 43.3 Å². The summed E-state index contributed by atoms with van der Waals surface area (Å²) in [4.78, 5) is 25.5. The number of carbonyl (C=O) groups excluding carboxylic acids is 1. The van der Waals surface area contributed by atoms with Gasteiger partial charge in [0.15, 0.2) is 0 Å². The van der Waals surface area contributed by atoms with Crippen LogP contribution < -0.4 is 15.4 Å². The van der Waals surface area contributed by atoms with E-state index in [1.807, 2.05) is 49.9 Å². The third kappa shape index (κ3) is 9.11. The fraction of sp³-hybridized carbons (Fsp3) is 0.367. The lowest BCUT2D eigenvalue weighted by molar-refractivity contribution is -0.138. The van der Waals surface area contributed by atoms with Gasteiger partial charge in [0.1, 0.15) is 13.2 Å². The number of aryl methyl sites for hydroxylation is 1. The van der Waals surface area contributed by atoms with Crippen LogP contribution in [0.25, 0.3) is 0 Å². The second kappa shape index (κ2) is 15.4. The van der Waals surface area contributed by atoms with Gasteiger partial charge in [-0.05, 0) is 30.7 Å². The molecule has 4 rings (SSSR count). The van der Waals surface area contributed by atoms with Crippen molar-refractivity contribution >= 4 is 23.6 Å². The molecule has 3 N–H and O–H groups in total. The number of benzene rings is 2. The molecule has 1 amide bonds. The molecule has 1 aliphatic heterocycles. The van der Waals surface area contributed by atoms with Crippen molar-refractivity contribution in [1.82, 2.24) is 14.9 Å². The van der Waals surface area contributed by atoms with Crippen LogP contribution in [-0.4, -0.2) is 65.2 Å². The van der Waals surface area contributed by atoms with E-state index < -0.39 is 23.2 Å². The van der Waals surface area contributed by atoms with Crippen LogP contribution in [0.4, 0.5) is 19.1 Å². The Kier molecular flexibility index (Phi) is 12.0. The maximum Gasteiger partial charge on any atom is 0.417 e. The molecule has 8 nitrogen and oxygen atoms in total. The van der Waals surface area contributed by atoms with Crippen LogP contribution in [-0.2, 0) is 12.8 Å². The SMILES string of the molecule is CC.Cc1cccc(COc2nc(N3CCN(CC#CCO)CC3)ncc2Sc2ccc(C(N)=O)c(C(F)(F)F)c2)c1. The van der Waals surface area contributed by atoms with E-state index in [0.717, 1.165) is 48.1 Å². The average Bonchev–Trinajstić information content (AvgIpc) is 2.98. The van der Waals surface area contributed by atoms with Crippen molar-refractivity contribution in [3.63, 3.8) is 0 Å². The number of nitrogens with two attached hydrogens (primary N) is 1. The number of aliphatic hydroxyl groups is 1. The summed E-state index contributed by atoms with van der Waals surface area (Å²) in [6.45, 7) is 9.31. The number of hydrogen-bond acceptors (Lipinski definition) is 8. The first kappa shape index (κ1) is 32.7. The molecule has 2 heterocycles. The molecule has 0 aliphatic carbocycles. The minimum atomic E-state index is -4.75. The largest absolute Gasteiger partial charge is 0.472 e. The molecule has 0 unspecified atom stereocenters. The van der Waals surface area contributed by atoms with Gasteiger partial charge < -0.3 is 20.5 Å². The number of primary amides is 1. The van der Waals surface area contributed by atoms with Crippen molar-refractivity contribution < 1.29 is 27.8 Å². The van der Waals surface area contributed by atoms with Crippen LogP contribution in [0.2, 0.25) is 0 Å². The Labute approximate surface area is 248 Å². The smallest absolute Gasteiger partial charge is 0.417 e. The molecule has 1 aromatic heterocycles. The molecule has 42 heavy (non-hydrogen) atoms. The van der Waals surface area contributed by atoms with Crippen LogP contribution in [0, 0.1) is 18.8 Å². The van der Waals surface area contributed by atoms with E-state index in [2.05, 4.69) is 26.7 Å². The summed E-state index contributed by atoms with van der Waals surface area (Å²) in [5.41, 5.74) is 5.44. The monoisotopic (exact) mass is 601 g/mol. The Morgan fingerprint density at radius 2 is 1.86 bits per heavy atom. The van der Waals surface area contributed by atoms with E-state index in [4.69, 9.17) is 15.6 Å². The van der Waals surface area contributed by atoms with Crippen LogP contribution >= 0.6 is 11.8 Å². The fourth-order valence-electron chi connectivity index (χ4n) is 4.12. The summed E-state index contributed by atoms with van der Waals surface area (Å²) in [5, 5.41) is 8.84. The third-order valence-corrected chi connectivity index (χ3v) is 7.11. The molecule has 0 bridgehead atoms. The van der Waals surface area contributed by atoms with E-state index in [0.29, 0.717) is 30.5 Å². The minimum Gasteiger partial charge on any atom is -0.472 e. The zero-order valence-corrected chi connectivity index (χ0v) is 24.6. The number of piperazine rings is 1. The summed E-state index contributed by atoms with van der Waals surface area (Å²) in [5.74, 6) is 5.09. The average molecular weight is 602 g/mol. The van der Waals surface area contributed by atoms with Crippen LogP contribution in [0.15, 0.2) is 58.5 Å². The molecule has 1 aliphatic rings. The summed E-state index contributed by atoms with van der Waals surface area (Å²) in [7, 11) is 0. The van der Waals surface area contributed by atoms with Gasteiger partial charge in [0.05, 0.1) is 28.8 Å². The van der Waals surface area contributed by atoms with Gasteiger partial charge in [-0.25, -0.2) is 4.98 Å². The zero-order valence-electron chi connectivity index (χ0n) is 23.7. The Balaban J connectivity index is 0.00000237. The fourth-order valence-corrected chi connectivity index (χ4v) is 4.98. The van der Waals surface area contributed by atoms with Crippen molar-refractivity contribution in [3.05, 3.63) is 70.9 Å². The lowest BCUT2D eigenvalue weighted by atomic mass is 10.1. The summed E-state index contributed by atoms with van der Waals surface area (Å²) >= 11 is 1.01. The second-order valence-corrected chi connectivity index (χ2v) is 10.2. The number of halogens is 3. The zero-order chi connectivity index (χ0) is 30.7. The van der Waals surface area contributed by atoms with Crippen molar-refractivity contribution in [2.24, 2.45) is 5.73 Å². The number of carbonyl (C=O) groups is 1. The molecule has 1 fully saturated rings. The number of ether oxygens (including phenoxy) is 1. The molecule has 0 radical (unpaired) electrons. The van der Waals surface area contributed by atoms with Gasteiger partial charge in [-0.1, -0.05) is 67.3 Å². The van der Waals surface area contributed by atoms with Gasteiger partial charge in [0.25, 0.3) is 0 Å². The first-order valence-corrected chi connectivity index (χ1v) is 14.2. The number of hydrogen-bond donors (Lipinski definition) is 2. The number of anilines is 1. The highest BCUT2D eigenvalue weighted by Crippen LogP contribution is 2.39. The molecule has 0 saturated carbocycles. The van der Waals surface area contributed by atoms with Crippen LogP contribution in [0.3, 0.4) is 0 Å². The molecule has 224 valence electrons. The first-order chi connectivity index (χ1) is 20.1. The molecule has 0 spiro atoms. The van der Waals surface area contributed by atoms with E-state index in [1.165, 1.54) is 12.3 Å². The lowest BCUT2D eigenvalue weighted by Gasteiger charge is -2.33. The lowest BCUT2D eigenvalue weighted by Crippen LogP contribution is -2.47. The number of alkyl halides is 3. The maximum atomic E-state index is 13.6. The van der Waals surface area contributed by atoms with Gasteiger partial charge in [0, 0.05) is 31.1 Å². The second-order valence-electron chi connectivity index (χ2n) is 9.06. The van der Waals surface area contributed by atoms with E-state index in [-0.39, 0.29) is 24.0 Å². The van der Waals surface area contributed by atoms with E-state index in [1.54, 1.807) is 0 Å². The van der Waals surface area contributed by atoms with Gasteiger partial charge in [-0.3, -0.25) is 9.69 Å². The van der Waals surface area contributed by atoms with Gasteiger partial charge in [-0.15, -0.1) is 0 Å². The Morgan fingerprint density at radius 1 is 1.12 bits per heavy atom. The van der Waals surface area contributed by atoms with Gasteiger partial charge in [0.2, 0.25) is 17.7 Å². The number of nitrogens with zero attached hydrogens (tertiary/aromatic N) is 4. The normalized spacial score (nSPS) is 13.5. The molecule has 2 aromatic carbocycles. The highest BCUT2D eigenvalue weighted by Gasteiger charge is 2.35. The Bertz CT molecular complexity index is 1420. The van der Waals surface area contributed by atoms with Crippen molar-refractivity contribution in [1.29, 1.82) is 0 Å². The molecule has 1 saturated heterocycles. The highest BCUT2D eigenvalue weighted by molar-refractivity contribution is 7.99. The Morgan fingerprint density at radius 3 is 2.50 bits per heavy atom. The molecule has 3 aromatic rings. The number of aromatic nitrogens is 2. The maximum absolute atomic E-state index is 13.6. The summed E-state index contributed by atoms with van der Waals surface area (Å²) in [6, 6.07) is 11.1. The van der Waals surface area contributed by atoms with E-state index >= 15 is 0 Å². The standard InChI is InChI=1S/C28H28F3N5O3S.C2H6/c1-19-5-4-6-20(15-19)18-39-26-24(40-21-7-8-22(25(32)38)23(16-21)28(29,30)31)17-33-27(34-26)36-12-10-35(11-13-36)9-2-3-14-37;1-2/h4-8,15-17,37H,9-14,18H2,1H3,(H2,32,38);1-2H3. The molecular weight excluding hydrogens is 567 g/mol. The predicted octanol–water partition coefficient (Wildman–Crippen LogP) is 4.78. The molecule has 0 atom stereocenters. The summed E-state index contributed by atoms with van der Waals surface area (Å²) in [6.07, 6.45) is -3.22. The highest BCUT2D eigenvalue weighted by atomic mass is 32.2. The topological polar surface area (TPSA) is 105 Å². The predicted molar refractivity (Wildman–Crippen MR) is 156 cm³/mol. The first-order valence-electron chi connectivity index (χ1n) is 13.4. The van der Waals surface area contributed by atoms with Gasteiger partial charge >= 0.3 is 6.18 Å². The number of rotatable bonds is 8. The summed E-state index contributed by atoms with van der Waals surface area (Å²) < 4.78 is 47.0. The third-order valence-electron chi connectivity index (χ3n) is 6.12. The quantitative estimate of drug-likeness (QED) is 0.356. The van der Waals surface area contributed by atoms with Crippen molar-refractivity contribution in [2.75, 3.05) is 44.2 Å².